The standard InChI is InChI=1S/C15H21N3O4S/c1-10(2)5-6-16-15-17-11(9-23-15)14(21)22-8-13(20)18-7-3-4-12(18)19/h9-10H,3-8H2,1-2H3,(H,16,17). The van der Waals surface area contributed by atoms with Gasteiger partial charge in [-0.15, -0.1) is 11.3 Å². The van der Waals surface area contributed by atoms with Gasteiger partial charge in [-0.25, -0.2) is 9.78 Å². The summed E-state index contributed by atoms with van der Waals surface area (Å²) in [5.41, 5.74) is 0.169. The molecule has 23 heavy (non-hydrogen) atoms. The van der Waals surface area contributed by atoms with Gasteiger partial charge in [0.1, 0.15) is 0 Å². The third-order valence-corrected chi connectivity index (χ3v) is 4.21. The molecule has 0 saturated carbocycles. The van der Waals surface area contributed by atoms with Crippen molar-refractivity contribution in [1.82, 2.24) is 9.88 Å². The number of anilines is 1. The molecule has 1 saturated heterocycles. The van der Waals surface area contributed by atoms with E-state index in [9.17, 15) is 14.4 Å². The van der Waals surface area contributed by atoms with E-state index in [1.807, 2.05) is 0 Å². The molecule has 126 valence electrons. The Kier molecular flexibility index (Phi) is 6.09. The molecule has 0 spiro atoms. The summed E-state index contributed by atoms with van der Waals surface area (Å²) in [7, 11) is 0. The maximum absolute atomic E-state index is 11.9. The second-order valence-corrected chi connectivity index (χ2v) is 6.62. The number of hydrogen-bond acceptors (Lipinski definition) is 7. The van der Waals surface area contributed by atoms with Crippen LogP contribution >= 0.6 is 11.3 Å². The molecule has 0 bridgehead atoms. The van der Waals surface area contributed by atoms with Crippen molar-refractivity contribution in [1.29, 1.82) is 0 Å². The lowest BCUT2D eigenvalue weighted by Gasteiger charge is -2.12. The molecule has 1 aliphatic rings. The first kappa shape index (κ1) is 17.4. The monoisotopic (exact) mass is 339 g/mol. The van der Waals surface area contributed by atoms with Gasteiger partial charge in [0.25, 0.3) is 5.91 Å². The van der Waals surface area contributed by atoms with E-state index in [1.54, 1.807) is 5.38 Å². The molecular formula is C15H21N3O4S. The highest BCUT2D eigenvalue weighted by Crippen LogP contribution is 2.17. The number of imide groups is 1. The Bertz CT molecular complexity index is 585. The number of amides is 2. The first-order chi connectivity index (χ1) is 11.0. The van der Waals surface area contributed by atoms with Crippen LogP contribution in [-0.4, -0.2) is 47.4 Å². The first-order valence-corrected chi connectivity index (χ1v) is 8.55. The third-order valence-electron chi connectivity index (χ3n) is 3.41. The number of aromatic nitrogens is 1. The molecule has 0 atom stereocenters. The number of thiazole rings is 1. The fourth-order valence-electron chi connectivity index (χ4n) is 2.11. The summed E-state index contributed by atoms with van der Waals surface area (Å²) in [6, 6.07) is 0. The third kappa shape index (κ3) is 5.02. The van der Waals surface area contributed by atoms with E-state index in [0.717, 1.165) is 17.9 Å². The number of esters is 1. The molecule has 0 aromatic carbocycles. The van der Waals surface area contributed by atoms with Crippen LogP contribution in [0.25, 0.3) is 0 Å². The van der Waals surface area contributed by atoms with Crippen LogP contribution in [0.3, 0.4) is 0 Å². The molecule has 0 unspecified atom stereocenters. The highest BCUT2D eigenvalue weighted by atomic mass is 32.1. The Balaban J connectivity index is 1.78. The minimum atomic E-state index is -0.654. The van der Waals surface area contributed by atoms with Gasteiger partial charge in [-0.2, -0.15) is 0 Å². The Morgan fingerprint density at radius 2 is 2.26 bits per heavy atom. The lowest BCUT2D eigenvalue weighted by atomic mass is 10.1. The van der Waals surface area contributed by atoms with Crippen molar-refractivity contribution in [2.75, 3.05) is 25.0 Å². The van der Waals surface area contributed by atoms with Crippen LogP contribution in [-0.2, 0) is 14.3 Å². The predicted molar refractivity (Wildman–Crippen MR) is 86.3 cm³/mol. The zero-order valence-corrected chi connectivity index (χ0v) is 14.1. The number of hydrogen-bond donors (Lipinski definition) is 1. The van der Waals surface area contributed by atoms with E-state index in [4.69, 9.17) is 4.74 Å². The molecule has 7 nitrogen and oxygen atoms in total. The molecule has 1 aromatic rings. The maximum Gasteiger partial charge on any atom is 0.358 e. The van der Waals surface area contributed by atoms with Gasteiger partial charge in [0.15, 0.2) is 17.4 Å². The lowest BCUT2D eigenvalue weighted by Crippen LogP contribution is -2.35. The van der Waals surface area contributed by atoms with Crippen molar-refractivity contribution in [2.45, 2.75) is 33.1 Å². The Labute approximate surface area is 139 Å². The van der Waals surface area contributed by atoms with Gasteiger partial charge in [0, 0.05) is 24.9 Å². The van der Waals surface area contributed by atoms with Gasteiger partial charge in [-0.3, -0.25) is 14.5 Å². The van der Waals surface area contributed by atoms with Crippen LogP contribution in [0.4, 0.5) is 5.13 Å². The minimum Gasteiger partial charge on any atom is -0.451 e. The maximum atomic E-state index is 11.9. The summed E-state index contributed by atoms with van der Waals surface area (Å²) < 4.78 is 4.94. The molecule has 8 heteroatoms. The van der Waals surface area contributed by atoms with Crippen molar-refractivity contribution >= 4 is 34.3 Å². The number of rotatable bonds is 7. The Morgan fingerprint density at radius 3 is 2.91 bits per heavy atom. The molecule has 1 aliphatic heterocycles. The van der Waals surface area contributed by atoms with Crippen molar-refractivity contribution in [3.8, 4) is 0 Å². The quantitative estimate of drug-likeness (QED) is 0.763. The first-order valence-electron chi connectivity index (χ1n) is 7.67. The average molecular weight is 339 g/mol. The summed E-state index contributed by atoms with van der Waals surface area (Å²) in [4.78, 5) is 40.4. The van der Waals surface area contributed by atoms with Gasteiger partial charge < -0.3 is 10.1 Å². The van der Waals surface area contributed by atoms with E-state index in [-0.39, 0.29) is 11.6 Å². The summed E-state index contributed by atoms with van der Waals surface area (Å²) in [5.74, 6) is -0.757. The van der Waals surface area contributed by atoms with Crippen LogP contribution in [0.2, 0.25) is 0 Å². The number of nitrogens with zero attached hydrogens (tertiary/aromatic N) is 2. The second kappa shape index (κ2) is 8.05. The van der Waals surface area contributed by atoms with Crippen LogP contribution in [0.5, 0.6) is 0 Å². The summed E-state index contributed by atoms with van der Waals surface area (Å²) in [5, 5.41) is 5.39. The summed E-state index contributed by atoms with van der Waals surface area (Å²) in [6.45, 7) is 5.02. The molecule has 2 heterocycles. The second-order valence-electron chi connectivity index (χ2n) is 5.77. The lowest BCUT2D eigenvalue weighted by molar-refractivity contribution is -0.143. The van der Waals surface area contributed by atoms with Crippen molar-refractivity contribution in [3.63, 3.8) is 0 Å². The van der Waals surface area contributed by atoms with E-state index < -0.39 is 18.5 Å². The topological polar surface area (TPSA) is 88.6 Å². The molecular weight excluding hydrogens is 318 g/mol. The smallest absolute Gasteiger partial charge is 0.358 e. The van der Waals surface area contributed by atoms with Crippen LogP contribution in [0.15, 0.2) is 5.38 Å². The highest BCUT2D eigenvalue weighted by Gasteiger charge is 2.27. The van der Waals surface area contributed by atoms with Gasteiger partial charge >= 0.3 is 5.97 Å². The molecule has 2 rings (SSSR count). The van der Waals surface area contributed by atoms with Crippen molar-refractivity contribution in [3.05, 3.63) is 11.1 Å². The number of ether oxygens (including phenoxy) is 1. The van der Waals surface area contributed by atoms with E-state index in [2.05, 4.69) is 24.1 Å². The number of nitrogens with one attached hydrogen (secondary N) is 1. The zero-order valence-electron chi connectivity index (χ0n) is 13.3. The molecule has 0 radical (unpaired) electrons. The zero-order chi connectivity index (χ0) is 16.8. The fourth-order valence-corrected chi connectivity index (χ4v) is 2.82. The van der Waals surface area contributed by atoms with Crippen LogP contribution in [0.1, 0.15) is 43.6 Å². The normalized spacial score (nSPS) is 14.4. The van der Waals surface area contributed by atoms with Crippen molar-refractivity contribution in [2.24, 2.45) is 5.92 Å². The largest absolute Gasteiger partial charge is 0.451 e. The van der Waals surface area contributed by atoms with Crippen LogP contribution in [0, 0.1) is 5.92 Å². The van der Waals surface area contributed by atoms with Crippen LogP contribution < -0.4 is 5.32 Å². The molecule has 1 aromatic heterocycles. The van der Waals surface area contributed by atoms with E-state index >= 15 is 0 Å². The number of likely N-dealkylation sites (tertiary alicyclic amines) is 1. The Hall–Kier alpha value is -1.96. The number of carbonyl (C=O) groups is 3. The van der Waals surface area contributed by atoms with Gasteiger partial charge in [-0.05, 0) is 18.8 Å². The molecule has 0 aliphatic carbocycles. The van der Waals surface area contributed by atoms with Crippen molar-refractivity contribution < 1.29 is 19.1 Å². The van der Waals surface area contributed by atoms with Gasteiger partial charge in [0.05, 0.1) is 0 Å². The van der Waals surface area contributed by atoms with Gasteiger partial charge in [0.2, 0.25) is 5.91 Å². The predicted octanol–water partition coefficient (Wildman–Crippen LogP) is 1.91. The van der Waals surface area contributed by atoms with E-state index in [1.165, 1.54) is 11.3 Å². The molecule has 1 N–H and O–H groups in total. The minimum absolute atomic E-state index is 0.169. The fraction of sp³-hybridized carbons (Fsp3) is 0.600. The Morgan fingerprint density at radius 1 is 1.48 bits per heavy atom. The average Bonchev–Trinajstić information content (AvgIpc) is 3.13. The molecule has 1 fully saturated rings. The highest BCUT2D eigenvalue weighted by molar-refractivity contribution is 7.13. The van der Waals surface area contributed by atoms with Gasteiger partial charge in [-0.1, -0.05) is 13.8 Å². The SMILES string of the molecule is CC(C)CCNc1nc(C(=O)OCC(=O)N2CCCC2=O)cs1. The summed E-state index contributed by atoms with van der Waals surface area (Å²) >= 11 is 1.32. The number of carbonyl (C=O) groups excluding carboxylic acids is 3. The summed E-state index contributed by atoms with van der Waals surface area (Å²) in [6.07, 6.45) is 2.05. The molecule has 2 amide bonds. The van der Waals surface area contributed by atoms with E-state index in [0.29, 0.717) is 30.4 Å².